The maximum atomic E-state index is 13.8. The maximum Gasteiger partial charge on any atom is 0.338 e. The third-order valence-corrected chi connectivity index (χ3v) is 7.69. The first kappa shape index (κ1) is 28.6. The normalized spacial score (nSPS) is 14.6. The average molecular weight is 585 g/mol. The molecule has 1 aromatic heterocycles. The van der Waals surface area contributed by atoms with Crippen LogP contribution in [0, 0.1) is 0 Å². The molecule has 0 fully saturated rings. The number of allylic oxidation sites excluding steroid dienone is 1. The van der Waals surface area contributed by atoms with Crippen LogP contribution in [0.25, 0.3) is 6.08 Å². The van der Waals surface area contributed by atoms with E-state index in [1.807, 2.05) is 30.3 Å². The SMILES string of the molecule is CCOC(=O)C1=C(C)N=c2sc(=Cc3ccc(OCc4cccc(C(=O)O)c4)cc3)c(=O)n2[C@H]1c1ccccc1OC. The van der Waals surface area contributed by atoms with Crippen LogP contribution in [0.3, 0.4) is 0 Å². The van der Waals surface area contributed by atoms with E-state index in [1.54, 1.807) is 63.4 Å². The van der Waals surface area contributed by atoms with Gasteiger partial charge in [0, 0.05) is 5.56 Å². The largest absolute Gasteiger partial charge is 0.496 e. The number of para-hydroxylation sites is 1. The average Bonchev–Trinajstić information content (AvgIpc) is 3.30. The molecule has 1 aliphatic rings. The lowest BCUT2D eigenvalue weighted by molar-refractivity contribution is -0.139. The highest BCUT2D eigenvalue weighted by Crippen LogP contribution is 2.35. The molecule has 0 unspecified atom stereocenters. The fourth-order valence-electron chi connectivity index (χ4n) is 4.75. The maximum absolute atomic E-state index is 13.8. The van der Waals surface area contributed by atoms with E-state index in [1.165, 1.54) is 22.0 Å². The van der Waals surface area contributed by atoms with Crippen molar-refractivity contribution in [3.8, 4) is 11.5 Å². The number of esters is 1. The third kappa shape index (κ3) is 5.75. The first-order valence-corrected chi connectivity index (χ1v) is 14.0. The summed E-state index contributed by atoms with van der Waals surface area (Å²) in [6.45, 7) is 3.87. The molecule has 0 radical (unpaired) electrons. The monoisotopic (exact) mass is 584 g/mol. The number of nitrogens with zero attached hydrogens (tertiary/aromatic N) is 2. The van der Waals surface area contributed by atoms with Crippen LogP contribution in [-0.4, -0.2) is 35.3 Å². The Morgan fingerprint density at radius 3 is 2.55 bits per heavy atom. The molecule has 9 nitrogen and oxygen atoms in total. The minimum absolute atomic E-state index is 0.188. The summed E-state index contributed by atoms with van der Waals surface area (Å²) < 4.78 is 18.7. The Morgan fingerprint density at radius 1 is 1.07 bits per heavy atom. The van der Waals surface area contributed by atoms with Gasteiger partial charge in [-0.15, -0.1) is 0 Å². The van der Waals surface area contributed by atoms with Crippen molar-refractivity contribution < 1.29 is 28.9 Å². The summed E-state index contributed by atoms with van der Waals surface area (Å²) in [5, 5.41) is 9.19. The van der Waals surface area contributed by atoms with Crippen molar-refractivity contribution in [3.63, 3.8) is 0 Å². The summed E-state index contributed by atoms with van der Waals surface area (Å²) in [5.74, 6) is -0.388. The van der Waals surface area contributed by atoms with Crippen LogP contribution in [0.5, 0.6) is 11.5 Å². The number of aromatic nitrogens is 1. The molecule has 42 heavy (non-hydrogen) atoms. The summed E-state index contributed by atoms with van der Waals surface area (Å²) >= 11 is 1.24. The van der Waals surface area contributed by atoms with Gasteiger partial charge in [0.1, 0.15) is 24.1 Å². The summed E-state index contributed by atoms with van der Waals surface area (Å²) in [7, 11) is 1.55. The second-order valence-corrected chi connectivity index (χ2v) is 10.4. The van der Waals surface area contributed by atoms with Crippen molar-refractivity contribution in [2.45, 2.75) is 26.5 Å². The zero-order chi connectivity index (χ0) is 29.8. The molecule has 1 N–H and O–H groups in total. The van der Waals surface area contributed by atoms with E-state index >= 15 is 0 Å². The molecule has 10 heteroatoms. The minimum atomic E-state index is -0.993. The highest BCUT2D eigenvalue weighted by atomic mass is 32.1. The number of benzene rings is 3. The highest BCUT2D eigenvalue weighted by Gasteiger charge is 2.34. The fraction of sp³-hybridized carbons (Fsp3) is 0.188. The second kappa shape index (κ2) is 12.3. The number of fused-ring (bicyclic) bond motifs is 1. The number of carboxylic acids is 1. The molecule has 2 heterocycles. The molecular weight excluding hydrogens is 556 g/mol. The predicted molar refractivity (Wildman–Crippen MR) is 158 cm³/mol. The van der Waals surface area contributed by atoms with Gasteiger partial charge in [-0.25, -0.2) is 14.6 Å². The summed E-state index contributed by atoms with van der Waals surface area (Å²) in [4.78, 5) is 43.2. The first-order valence-electron chi connectivity index (χ1n) is 13.2. The van der Waals surface area contributed by atoms with Gasteiger partial charge in [0.25, 0.3) is 5.56 Å². The van der Waals surface area contributed by atoms with Crippen LogP contribution in [0.2, 0.25) is 0 Å². The topological polar surface area (TPSA) is 116 Å². The standard InChI is InChI=1S/C32H28N2O7S/c1-4-40-31(38)27-19(2)33-32-34(28(27)24-10-5-6-11-25(24)39-3)29(35)26(42-32)17-20-12-14-23(15-13-20)41-18-21-8-7-9-22(16-21)30(36)37/h5-17,28H,4,18H2,1-3H3,(H,36,37)/t28-/m0/s1. The summed E-state index contributed by atoms with van der Waals surface area (Å²) in [6.07, 6.45) is 1.77. The minimum Gasteiger partial charge on any atom is -0.496 e. The van der Waals surface area contributed by atoms with Crippen LogP contribution < -0.4 is 24.4 Å². The number of aromatic carboxylic acids is 1. The van der Waals surface area contributed by atoms with E-state index in [0.717, 1.165) is 11.1 Å². The zero-order valence-electron chi connectivity index (χ0n) is 23.2. The van der Waals surface area contributed by atoms with E-state index in [4.69, 9.17) is 14.2 Å². The van der Waals surface area contributed by atoms with E-state index in [9.17, 15) is 19.5 Å². The van der Waals surface area contributed by atoms with Crippen LogP contribution in [-0.2, 0) is 16.1 Å². The van der Waals surface area contributed by atoms with Crippen molar-refractivity contribution in [1.82, 2.24) is 4.57 Å². The molecule has 0 aliphatic carbocycles. The van der Waals surface area contributed by atoms with Gasteiger partial charge in [0.15, 0.2) is 4.80 Å². The number of carbonyl (C=O) groups is 2. The number of rotatable bonds is 9. The predicted octanol–water partition coefficient (Wildman–Crippen LogP) is 4.08. The number of carboxylic acid groups (broad SMARTS) is 1. The number of hydrogen-bond acceptors (Lipinski definition) is 8. The Balaban J connectivity index is 1.48. The summed E-state index contributed by atoms with van der Waals surface area (Å²) in [5.41, 5.74) is 2.84. The Morgan fingerprint density at radius 2 is 1.83 bits per heavy atom. The van der Waals surface area contributed by atoms with Crippen molar-refractivity contribution >= 4 is 29.4 Å². The molecular formula is C32H28N2O7S. The van der Waals surface area contributed by atoms with Gasteiger partial charge in [-0.05, 0) is 61.4 Å². The Kier molecular flexibility index (Phi) is 8.35. The molecule has 1 aliphatic heterocycles. The number of methoxy groups -OCH3 is 1. The van der Waals surface area contributed by atoms with Crippen molar-refractivity contribution in [3.05, 3.63) is 126 Å². The van der Waals surface area contributed by atoms with Gasteiger partial charge < -0.3 is 19.3 Å². The number of hydrogen-bond donors (Lipinski definition) is 1. The van der Waals surface area contributed by atoms with Crippen LogP contribution in [0.15, 0.2) is 93.9 Å². The molecule has 4 aromatic rings. The Bertz CT molecular complexity index is 1870. The van der Waals surface area contributed by atoms with E-state index in [-0.39, 0.29) is 29.9 Å². The number of carbonyl (C=O) groups excluding carboxylic acids is 1. The van der Waals surface area contributed by atoms with Gasteiger partial charge in [0.2, 0.25) is 0 Å². The smallest absolute Gasteiger partial charge is 0.338 e. The molecule has 0 bridgehead atoms. The lowest BCUT2D eigenvalue weighted by Gasteiger charge is -2.25. The van der Waals surface area contributed by atoms with Gasteiger partial charge in [0.05, 0.1) is 35.1 Å². The van der Waals surface area contributed by atoms with E-state index < -0.39 is 18.0 Å². The summed E-state index contributed by atoms with van der Waals surface area (Å²) in [6, 6.07) is 20.3. The van der Waals surface area contributed by atoms with E-state index in [2.05, 4.69) is 4.99 Å². The first-order chi connectivity index (χ1) is 20.3. The van der Waals surface area contributed by atoms with Gasteiger partial charge in [-0.3, -0.25) is 9.36 Å². The van der Waals surface area contributed by atoms with Crippen molar-refractivity contribution in [2.24, 2.45) is 4.99 Å². The highest BCUT2D eigenvalue weighted by molar-refractivity contribution is 7.07. The lowest BCUT2D eigenvalue weighted by atomic mass is 9.95. The Labute approximate surface area is 245 Å². The van der Waals surface area contributed by atoms with Crippen molar-refractivity contribution in [1.29, 1.82) is 0 Å². The molecule has 214 valence electrons. The van der Waals surface area contributed by atoms with Crippen LogP contribution in [0.4, 0.5) is 0 Å². The molecule has 5 rings (SSSR count). The second-order valence-electron chi connectivity index (χ2n) is 9.41. The lowest BCUT2D eigenvalue weighted by Crippen LogP contribution is -2.40. The molecule has 0 saturated heterocycles. The zero-order valence-corrected chi connectivity index (χ0v) is 24.0. The Hall–Kier alpha value is -4.96. The van der Waals surface area contributed by atoms with Gasteiger partial charge in [-0.2, -0.15) is 0 Å². The number of ether oxygens (including phenoxy) is 3. The molecule has 0 amide bonds. The third-order valence-electron chi connectivity index (χ3n) is 6.71. The molecule has 3 aromatic carbocycles. The van der Waals surface area contributed by atoms with Crippen LogP contribution in [0.1, 0.15) is 46.9 Å². The fourth-order valence-corrected chi connectivity index (χ4v) is 5.80. The van der Waals surface area contributed by atoms with E-state index in [0.29, 0.717) is 32.1 Å². The molecule has 1 atom stereocenters. The number of thiazole rings is 1. The quantitative estimate of drug-likeness (QED) is 0.295. The molecule has 0 spiro atoms. The molecule has 0 saturated carbocycles. The van der Waals surface area contributed by atoms with Gasteiger partial charge >= 0.3 is 11.9 Å². The van der Waals surface area contributed by atoms with Crippen LogP contribution >= 0.6 is 11.3 Å². The van der Waals surface area contributed by atoms with Gasteiger partial charge in [-0.1, -0.05) is 53.8 Å². The van der Waals surface area contributed by atoms with Crippen molar-refractivity contribution in [2.75, 3.05) is 13.7 Å².